The van der Waals surface area contributed by atoms with Gasteiger partial charge in [0.15, 0.2) is 11.4 Å². The molecule has 0 saturated carbocycles. The summed E-state index contributed by atoms with van der Waals surface area (Å²) in [5, 5.41) is 13.0. The van der Waals surface area contributed by atoms with E-state index in [1.807, 2.05) is 13.0 Å². The molecule has 0 aliphatic carbocycles. The van der Waals surface area contributed by atoms with Gasteiger partial charge >= 0.3 is 5.97 Å². The van der Waals surface area contributed by atoms with Crippen LogP contribution < -0.4 is 0 Å². The minimum Gasteiger partial charge on any atom is -0.507 e. The van der Waals surface area contributed by atoms with Crippen molar-refractivity contribution in [3.63, 3.8) is 0 Å². The first-order chi connectivity index (χ1) is 10.9. The van der Waals surface area contributed by atoms with Crippen molar-refractivity contribution in [1.82, 2.24) is 5.06 Å². The zero-order valence-corrected chi connectivity index (χ0v) is 15.2. The molecule has 1 N–H and O–H groups in total. The highest BCUT2D eigenvalue weighted by Crippen LogP contribution is 2.45. The number of carbonyl (C=O) groups is 1. The number of aliphatic hydroxyl groups is 1. The number of aryl methyl sites for hydroxylation is 1. The zero-order chi connectivity index (χ0) is 16.8. The first kappa shape index (κ1) is 16.8. The highest BCUT2D eigenvalue weighted by Gasteiger charge is 2.50. The van der Waals surface area contributed by atoms with Gasteiger partial charge in [-0.1, -0.05) is 27.5 Å². The predicted molar refractivity (Wildman–Crippen MR) is 90.1 cm³/mol. The Kier molecular flexibility index (Phi) is 4.44. The zero-order valence-electron chi connectivity index (χ0n) is 12.9. The summed E-state index contributed by atoms with van der Waals surface area (Å²) in [5.74, 6) is -0.550. The van der Waals surface area contributed by atoms with Crippen molar-refractivity contribution in [3.8, 4) is 0 Å². The molecule has 7 heteroatoms. The maximum absolute atomic E-state index is 12.4. The average molecular weight is 403 g/mol. The SMILES string of the molecule is CON1CCC2(CC1)OC(=O)C(c1c(C)cc(Br)cc1Cl)=C2O. The number of benzene rings is 1. The Bertz CT molecular complexity index is 672. The molecule has 1 aromatic rings. The number of esters is 1. The Hall–Kier alpha value is -1.08. The van der Waals surface area contributed by atoms with E-state index in [0.29, 0.717) is 36.5 Å². The monoisotopic (exact) mass is 401 g/mol. The summed E-state index contributed by atoms with van der Waals surface area (Å²) in [6, 6.07) is 3.56. The van der Waals surface area contributed by atoms with Gasteiger partial charge in [-0.15, -0.1) is 0 Å². The van der Waals surface area contributed by atoms with E-state index in [9.17, 15) is 9.90 Å². The van der Waals surface area contributed by atoms with Gasteiger partial charge in [-0.2, -0.15) is 5.06 Å². The van der Waals surface area contributed by atoms with Gasteiger partial charge in [-0.25, -0.2) is 4.79 Å². The van der Waals surface area contributed by atoms with Gasteiger partial charge in [-0.05, 0) is 24.6 Å². The molecule has 0 aromatic heterocycles. The molecule has 124 valence electrons. The number of piperidine rings is 1. The van der Waals surface area contributed by atoms with Crippen LogP contribution in [0.5, 0.6) is 0 Å². The van der Waals surface area contributed by atoms with Crippen molar-refractivity contribution < 1.29 is 19.5 Å². The summed E-state index contributed by atoms with van der Waals surface area (Å²) in [6.07, 6.45) is 0.963. The van der Waals surface area contributed by atoms with E-state index in [-0.39, 0.29) is 11.3 Å². The van der Waals surface area contributed by atoms with Crippen LogP contribution in [-0.4, -0.2) is 41.9 Å². The highest BCUT2D eigenvalue weighted by molar-refractivity contribution is 9.10. The van der Waals surface area contributed by atoms with Gasteiger partial charge in [0.25, 0.3) is 0 Å². The highest BCUT2D eigenvalue weighted by atomic mass is 79.9. The summed E-state index contributed by atoms with van der Waals surface area (Å²) < 4.78 is 6.40. The van der Waals surface area contributed by atoms with Crippen LogP contribution in [-0.2, 0) is 14.4 Å². The van der Waals surface area contributed by atoms with Gasteiger partial charge in [0.1, 0.15) is 5.57 Å². The van der Waals surface area contributed by atoms with Crippen LogP contribution >= 0.6 is 27.5 Å². The fraction of sp³-hybridized carbons (Fsp3) is 0.438. The van der Waals surface area contributed by atoms with Gasteiger partial charge in [-0.3, -0.25) is 0 Å². The van der Waals surface area contributed by atoms with E-state index in [4.69, 9.17) is 21.2 Å². The molecule has 2 aliphatic rings. The van der Waals surface area contributed by atoms with Crippen LogP contribution in [0.15, 0.2) is 22.4 Å². The Morgan fingerprint density at radius 3 is 2.61 bits per heavy atom. The Balaban J connectivity index is 2.04. The van der Waals surface area contributed by atoms with Crippen molar-refractivity contribution in [3.05, 3.63) is 38.5 Å². The second-order valence-electron chi connectivity index (χ2n) is 5.80. The number of nitrogens with zero attached hydrogens (tertiary/aromatic N) is 1. The lowest BCUT2D eigenvalue weighted by atomic mass is 9.87. The minimum absolute atomic E-state index is 0.0226. The van der Waals surface area contributed by atoms with Crippen LogP contribution in [0.2, 0.25) is 5.02 Å². The lowest BCUT2D eigenvalue weighted by Crippen LogP contribution is -2.45. The van der Waals surface area contributed by atoms with Crippen LogP contribution in [0.4, 0.5) is 0 Å². The molecule has 2 heterocycles. The standard InChI is InChI=1S/C16H17BrClNO4/c1-9-7-10(17)8-11(18)12(9)13-14(20)16(23-15(13)21)3-5-19(22-2)6-4-16/h7-8,20H,3-6H2,1-2H3. The molecule has 0 amide bonds. The Labute approximate surface area is 147 Å². The number of hydrogen-bond acceptors (Lipinski definition) is 5. The van der Waals surface area contributed by atoms with E-state index in [1.54, 1.807) is 18.2 Å². The largest absolute Gasteiger partial charge is 0.507 e. The second-order valence-corrected chi connectivity index (χ2v) is 7.12. The van der Waals surface area contributed by atoms with Crippen molar-refractivity contribution in [2.45, 2.75) is 25.4 Å². The number of hydrogen-bond donors (Lipinski definition) is 1. The summed E-state index contributed by atoms with van der Waals surface area (Å²) in [5.41, 5.74) is 0.535. The molecule has 0 unspecified atom stereocenters. The van der Waals surface area contributed by atoms with E-state index in [2.05, 4.69) is 15.9 Å². The molecule has 0 bridgehead atoms. The number of carbonyl (C=O) groups excluding carboxylic acids is 1. The first-order valence-corrected chi connectivity index (χ1v) is 8.47. The lowest BCUT2D eigenvalue weighted by molar-refractivity contribution is -0.182. The second kappa shape index (κ2) is 6.09. The molecule has 1 fully saturated rings. The number of halogens is 2. The number of aliphatic hydroxyl groups excluding tert-OH is 1. The summed E-state index contributed by atoms with van der Waals surface area (Å²) >= 11 is 9.68. The van der Waals surface area contributed by atoms with Crippen molar-refractivity contribution in [2.75, 3.05) is 20.2 Å². The van der Waals surface area contributed by atoms with Gasteiger partial charge in [0.05, 0.1) is 12.1 Å². The molecule has 3 rings (SSSR count). The third-order valence-corrected chi connectivity index (χ3v) is 5.21. The third kappa shape index (κ3) is 2.78. The van der Waals surface area contributed by atoms with Crippen LogP contribution in [0.25, 0.3) is 5.57 Å². The molecular formula is C16H17BrClNO4. The van der Waals surface area contributed by atoms with Gasteiger partial charge in [0.2, 0.25) is 0 Å². The van der Waals surface area contributed by atoms with E-state index < -0.39 is 11.6 Å². The first-order valence-electron chi connectivity index (χ1n) is 7.30. The molecule has 1 aromatic carbocycles. The number of rotatable bonds is 2. The molecular weight excluding hydrogens is 386 g/mol. The topological polar surface area (TPSA) is 59.0 Å². The lowest BCUT2D eigenvalue weighted by Gasteiger charge is -2.36. The van der Waals surface area contributed by atoms with Gasteiger partial charge in [0, 0.05) is 36.0 Å². The minimum atomic E-state index is -0.968. The molecule has 0 radical (unpaired) electrons. The predicted octanol–water partition coefficient (Wildman–Crippen LogP) is 3.63. The quantitative estimate of drug-likeness (QED) is 0.766. The normalized spacial score (nSPS) is 21.1. The smallest absolute Gasteiger partial charge is 0.343 e. The fourth-order valence-electron chi connectivity index (χ4n) is 3.21. The van der Waals surface area contributed by atoms with Gasteiger partial charge < -0.3 is 14.7 Å². The average Bonchev–Trinajstić information content (AvgIpc) is 2.72. The summed E-state index contributed by atoms with van der Waals surface area (Å²) in [4.78, 5) is 17.6. The molecule has 5 nitrogen and oxygen atoms in total. The Morgan fingerprint density at radius 1 is 1.39 bits per heavy atom. The molecule has 23 heavy (non-hydrogen) atoms. The van der Waals surface area contributed by atoms with Crippen LogP contribution in [0, 0.1) is 6.92 Å². The Morgan fingerprint density at radius 2 is 2.04 bits per heavy atom. The number of ether oxygens (including phenoxy) is 1. The van der Waals surface area contributed by atoms with Crippen LogP contribution in [0.3, 0.4) is 0 Å². The molecule has 1 spiro atoms. The molecule has 1 saturated heterocycles. The summed E-state index contributed by atoms with van der Waals surface area (Å²) in [6.45, 7) is 3.00. The maximum Gasteiger partial charge on any atom is 0.343 e. The van der Waals surface area contributed by atoms with Crippen molar-refractivity contribution >= 4 is 39.1 Å². The van der Waals surface area contributed by atoms with Crippen molar-refractivity contribution in [2.24, 2.45) is 0 Å². The third-order valence-electron chi connectivity index (χ3n) is 4.45. The fourth-order valence-corrected chi connectivity index (χ4v) is 4.27. The maximum atomic E-state index is 12.4. The number of hydroxylamine groups is 2. The van der Waals surface area contributed by atoms with Crippen molar-refractivity contribution in [1.29, 1.82) is 0 Å². The van der Waals surface area contributed by atoms with Crippen LogP contribution in [0.1, 0.15) is 24.0 Å². The van der Waals surface area contributed by atoms with E-state index in [0.717, 1.165) is 10.0 Å². The summed E-state index contributed by atoms with van der Waals surface area (Å²) in [7, 11) is 1.60. The molecule has 0 atom stereocenters. The molecule has 2 aliphatic heterocycles. The van der Waals surface area contributed by atoms with E-state index >= 15 is 0 Å². The van der Waals surface area contributed by atoms with E-state index in [1.165, 1.54) is 0 Å².